The van der Waals surface area contributed by atoms with E-state index in [1.54, 1.807) is 0 Å². The summed E-state index contributed by atoms with van der Waals surface area (Å²) in [6.45, 7) is 4.12. The van der Waals surface area contributed by atoms with Gasteiger partial charge >= 0.3 is 5.97 Å². The van der Waals surface area contributed by atoms with Gasteiger partial charge < -0.3 is 15.3 Å². The third kappa shape index (κ3) is 2.68. The van der Waals surface area contributed by atoms with Gasteiger partial charge in [0.25, 0.3) is 0 Å². The third-order valence-corrected chi connectivity index (χ3v) is 3.16. The van der Waals surface area contributed by atoms with Crippen LogP contribution in [0.1, 0.15) is 20.3 Å². The number of aliphatic hydroxyl groups excluding tert-OH is 1. The van der Waals surface area contributed by atoms with Crippen molar-refractivity contribution in [3.8, 4) is 0 Å². The number of carboxylic acid groups (broad SMARTS) is 1. The van der Waals surface area contributed by atoms with Gasteiger partial charge in [0.05, 0.1) is 6.61 Å². The molecule has 0 aromatic rings. The lowest BCUT2D eigenvalue weighted by atomic mass is 10.0. The molecule has 0 aliphatic carbocycles. The van der Waals surface area contributed by atoms with Gasteiger partial charge in [-0.2, -0.15) is 0 Å². The number of hydrogen-bond donors (Lipinski definition) is 3. The summed E-state index contributed by atoms with van der Waals surface area (Å²) in [4.78, 5) is 12.6. The van der Waals surface area contributed by atoms with Gasteiger partial charge in [0.2, 0.25) is 0 Å². The number of hydrogen-bond acceptors (Lipinski definition) is 4. The van der Waals surface area contributed by atoms with E-state index in [1.165, 1.54) is 6.92 Å². The van der Waals surface area contributed by atoms with E-state index in [0.717, 1.165) is 13.0 Å². The zero-order valence-corrected chi connectivity index (χ0v) is 9.18. The van der Waals surface area contributed by atoms with Crippen LogP contribution in [0.15, 0.2) is 0 Å². The predicted molar refractivity (Wildman–Crippen MR) is 54.5 cm³/mol. The van der Waals surface area contributed by atoms with Crippen LogP contribution in [0.5, 0.6) is 0 Å². The molecule has 0 spiro atoms. The van der Waals surface area contributed by atoms with Crippen molar-refractivity contribution in [2.24, 2.45) is 5.92 Å². The van der Waals surface area contributed by atoms with E-state index in [2.05, 4.69) is 0 Å². The standard InChI is InChI=1S/C10H19NO4/c1-7-3-4-11(8(7)5-12)6-10(2,15)9(13)14/h7-8,12,15H,3-6H2,1-2H3,(H,13,14). The molecule has 1 fully saturated rings. The summed E-state index contributed by atoms with van der Waals surface area (Å²) in [7, 11) is 0. The van der Waals surface area contributed by atoms with Crippen LogP contribution in [-0.4, -0.2) is 57.5 Å². The lowest BCUT2D eigenvalue weighted by Gasteiger charge is -2.30. The van der Waals surface area contributed by atoms with Crippen molar-refractivity contribution in [1.82, 2.24) is 4.90 Å². The molecule has 0 bridgehead atoms. The summed E-state index contributed by atoms with van der Waals surface area (Å²) < 4.78 is 0. The number of nitrogens with zero attached hydrogens (tertiary/aromatic N) is 1. The first-order valence-electron chi connectivity index (χ1n) is 5.19. The van der Waals surface area contributed by atoms with Crippen molar-refractivity contribution in [2.75, 3.05) is 19.7 Å². The normalized spacial score (nSPS) is 31.5. The Morgan fingerprint density at radius 3 is 2.67 bits per heavy atom. The third-order valence-electron chi connectivity index (χ3n) is 3.16. The van der Waals surface area contributed by atoms with Crippen LogP contribution in [0.4, 0.5) is 0 Å². The molecule has 3 atom stereocenters. The second-order valence-electron chi connectivity index (χ2n) is 4.57. The summed E-state index contributed by atoms with van der Waals surface area (Å²) in [5.74, 6) is -0.877. The molecular weight excluding hydrogens is 198 g/mol. The summed E-state index contributed by atoms with van der Waals surface area (Å²) in [6.07, 6.45) is 0.931. The van der Waals surface area contributed by atoms with E-state index in [1.807, 2.05) is 11.8 Å². The number of rotatable bonds is 4. The summed E-state index contributed by atoms with van der Waals surface area (Å²) in [5.41, 5.74) is -1.74. The molecule has 5 heteroatoms. The molecule has 0 radical (unpaired) electrons. The van der Waals surface area contributed by atoms with Gasteiger partial charge in [-0.3, -0.25) is 4.90 Å². The Morgan fingerprint density at radius 2 is 2.20 bits per heavy atom. The highest BCUT2D eigenvalue weighted by atomic mass is 16.4. The zero-order valence-electron chi connectivity index (χ0n) is 9.18. The van der Waals surface area contributed by atoms with E-state index in [0.29, 0.717) is 5.92 Å². The molecule has 0 aromatic carbocycles. The lowest BCUT2D eigenvalue weighted by Crippen LogP contribution is -2.49. The SMILES string of the molecule is CC1CCN(CC(C)(O)C(=O)O)C1CO. The van der Waals surface area contributed by atoms with E-state index >= 15 is 0 Å². The van der Waals surface area contributed by atoms with Crippen LogP contribution in [0.3, 0.4) is 0 Å². The van der Waals surface area contributed by atoms with Crippen molar-refractivity contribution in [3.05, 3.63) is 0 Å². The highest BCUT2D eigenvalue weighted by molar-refractivity contribution is 5.76. The average molecular weight is 217 g/mol. The molecular formula is C10H19NO4. The Morgan fingerprint density at radius 1 is 1.60 bits per heavy atom. The Labute approximate surface area is 89.3 Å². The number of carbonyl (C=O) groups is 1. The van der Waals surface area contributed by atoms with Gasteiger partial charge in [-0.25, -0.2) is 4.79 Å². The van der Waals surface area contributed by atoms with Crippen LogP contribution in [-0.2, 0) is 4.79 Å². The van der Waals surface area contributed by atoms with Gasteiger partial charge in [0, 0.05) is 12.6 Å². The highest BCUT2D eigenvalue weighted by Gasteiger charge is 2.38. The summed E-state index contributed by atoms with van der Waals surface area (Å²) in [6, 6.07) is -0.0316. The van der Waals surface area contributed by atoms with Crippen LogP contribution >= 0.6 is 0 Å². The zero-order chi connectivity index (χ0) is 11.6. The molecule has 0 saturated carbocycles. The molecule has 5 nitrogen and oxygen atoms in total. The highest BCUT2D eigenvalue weighted by Crippen LogP contribution is 2.25. The Balaban J connectivity index is 2.62. The fourth-order valence-electron chi connectivity index (χ4n) is 2.04. The minimum absolute atomic E-state index is 0.0108. The average Bonchev–Trinajstić information content (AvgIpc) is 2.45. The van der Waals surface area contributed by atoms with Gasteiger partial charge in [0.1, 0.15) is 0 Å². The molecule has 3 N–H and O–H groups in total. The molecule has 0 aromatic heterocycles. The van der Waals surface area contributed by atoms with Gasteiger partial charge in [0.15, 0.2) is 5.60 Å². The fourth-order valence-corrected chi connectivity index (χ4v) is 2.04. The van der Waals surface area contributed by atoms with E-state index in [4.69, 9.17) is 5.11 Å². The molecule has 0 amide bonds. The Kier molecular flexibility index (Phi) is 3.70. The summed E-state index contributed by atoms with van der Waals surface area (Å²) in [5, 5.41) is 27.6. The van der Waals surface area contributed by atoms with Gasteiger partial charge in [-0.1, -0.05) is 6.92 Å². The first kappa shape index (κ1) is 12.4. The van der Waals surface area contributed by atoms with E-state index in [9.17, 15) is 15.0 Å². The summed E-state index contributed by atoms with van der Waals surface area (Å²) >= 11 is 0. The molecule has 1 heterocycles. The van der Waals surface area contributed by atoms with Gasteiger partial charge in [-0.15, -0.1) is 0 Å². The van der Waals surface area contributed by atoms with Crippen molar-refractivity contribution in [3.63, 3.8) is 0 Å². The number of aliphatic hydroxyl groups is 2. The Hall–Kier alpha value is -0.650. The molecule has 1 saturated heterocycles. The minimum Gasteiger partial charge on any atom is -0.479 e. The topological polar surface area (TPSA) is 81.0 Å². The Bertz CT molecular complexity index is 242. The largest absolute Gasteiger partial charge is 0.479 e. The van der Waals surface area contributed by atoms with Crippen LogP contribution in [0.2, 0.25) is 0 Å². The van der Waals surface area contributed by atoms with Crippen molar-refractivity contribution in [2.45, 2.75) is 31.9 Å². The maximum Gasteiger partial charge on any atom is 0.336 e. The quantitative estimate of drug-likeness (QED) is 0.593. The molecule has 1 rings (SSSR count). The molecule has 1 aliphatic rings. The molecule has 88 valence electrons. The van der Waals surface area contributed by atoms with Crippen LogP contribution in [0.25, 0.3) is 0 Å². The van der Waals surface area contributed by atoms with Crippen molar-refractivity contribution in [1.29, 1.82) is 0 Å². The first-order chi connectivity index (χ1) is 6.88. The second kappa shape index (κ2) is 4.47. The number of likely N-dealkylation sites (tertiary alicyclic amines) is 1. The van der Waals surface area contributed by atoms with Gasteiger partial charge in [-0.05, 0) is 25.8 Å². The first-order valence-corrected chi connectivity index (χ1v) is 5.19. The van der Waals surface area contributed by atoms with Crippen molar-refractivity contribution < 1.29 is 20.1 Å². The smallest absolute Gasteiger partial charge is 0.336 e. The predicted octanol–water partition coefficient (Wildman–Crippen LogP) is -0.475. The van der Waals surface area contributed by atoms with Crippen molar-refractivity contribution >= 4 is 5.97 Å². The number of carboxylic acids is 1. The maximum atomic E-state index is 10.7. The number of β-amino-alcohol motifs (C(OH)–C–C–N with tert-alkyl or cyclic N) is 1. The molecule has 1 aliphatic heterocycles. The van der Waals surface area contributed by atoms with E-state index < -0.39 is 11.6 Å². The van der Waals surface area contributed by atoms with E-state index in [-0.39, 0.29) is 19.2 Å². The number of aliphatic carboxylic acids is 1. The molecule has 15 heavy (non-hydrogen) atoms. The monoisotopic (exact) mass is 217 g/mol. The lowest BCUT2D eigenvalue weighted by molar-refractivity contribution is -0.158. The minimum atomic E-state index is -1.74. The molecule has 3 unspecified atom stereocenters. The van der Waals surface area contributed by atoms with Crippen LogP contribution in [0, 0.1) is 5.92 Å². The second-order valence-corrected chi connectivity index (χ2v) is 4.57. The fraction of sp³-hybridized carbons (Fsp3) is 0.900. The van der Waals surface area contributed by atoms with Crippen LogP contribution < -0.4 is 0 Å². The maximum absolute atomic E-state index is 10.7.